The van der Waals surface area contributed by atoms with Gasteiger partial charge in [-0.1, -0.05) is 12.1 Å². The van der Waals surface area contributed by atoms with Crippen LogP contribution in [0.25, 0.3) is 0 Å². The molecular formula is C17H22N2O3S. The van der Waals surface area contributed by atoms with Gasteiger partial charge in [-0.15, -0.1) is 0 Å². The lowest BCUT2D eigenvalue weighted by atomic mass is 9.94. The molecule has 0 aliphatic carbocycles. The number of carbonyl (C=O) groups excluding carboxylic acids is 1. The van der Waals surface area contributed by atoms with E-state index in [-0.39, 0.29) is 18.1 Å². The number of ether oxygens (including phenoxy) is 2. The molecule has 0 fully saturated rings. The number of benzene rings is 1. The molecule has 1 atom stereocenters. The lowest BCUT2D eigenvalue weighted by Gasteiger charge is -2.39. The van der Waals surface area contributed by atoms with Crippen LogP contribution in [-0.2, 0) is 9.53 Å². The number of nitrogens with one attached hydrogen (secondary N) is 1. The van der Waals surface area contributed by atoms with Crippen molar-refractivity contribution in [3.63, 3.8) is 0 Å². The van der Waals surface area contributed by atoms with E-state index in [0.29, 0.717) is 10.7 Å². The molecule has 0 amide bonds. The smallest absolute Gasteiger partial charge is 0.337 e. The van der Waals surface area contributed by atoms with Crippen LogP contribution in [0.1, 0.15) is 32.4 Å². The number of hydrogen-bond acceptors (Lipinski definition) is 4. The first-order valence-corrected chi connectivity index (χ1v) is 7.84. The largest absolute Gasteiger partial charge is 0.497 e. The van der Waals surface area contributed by atoms with Gasteiger partial charge in [0.1, 0.15) is 5.75 Å². The number of methoxy groups -OCH3 is 2. The third-order valence-electron chi connectivity index (χ3n) is 3.90. The highest BCUT2D eigenvalue weighted by molar-refractivity contribution is 7.80. The van der Waals surface area contributed by atoms with Gasteiger partial charge in [0.15, 0.2) is 5.11 Å². The predicted molar refractivity (Wildman–Crippen MR) is 93.2 cm³/mol. The molecule has 1 aliphatic rings. The van der Waals surface area contributed by atoms with E-state index < -0.39 is 0 Å². The second kappa shape index (κ2) is 7.00. The van der Waals surface area contributed by atoms with Gasteiger partial charge in [-0.25, -0.2) is 4.79 Å². The number of allylic oxidation sites excluding steroid dienone is 1. The number of thiocarbonyl (C=S) groups is 1. The summed E-state index contributed by atoms with van der Waals surface area (Å²) >= 11 is 5.49. The molecule has 0 radical (unpaired) electrons. The number of rotatable bonds is 4. The molecule has 1 N–H and O–H groups in total. The van der Waals surface area contributed by atoms with Gasteiger partial charge in [0.25, 0.3) is 0 Å². The molecule has 0 aromatic heterocycles. The number of nitrogens with zero attached hydrogens (tertiary/aromatic N) is 1. The zero-order valence-corrected chi connectivity index (χ0v) is 14.9. The highest BCUT2D eigenvalue weighted by atomic mass is 32.1. The maximum atomic E-state index is 12.3. The monoisotopic (exact) mass is 334 g/mol. The molecule has 0 spiro atoms. The molecule has 0 bridgehead atoms. The summed E-state index contributed by atoms with van der Waals surface area (Å²) in [5, 5.41) is 3.86. The van der Waals surface area contributed by atoms with E-state index in [2.05, 4.69) is 5.32 Å². The number of carbonyl (C=O) groups is 1. The standard InChI is InChI=1S/C17H22N2O3S/c1-10(2)19-11(3)14(16(20)22-5)15(18-17(19)23)12-6-8-13(21-4)9-7-12/h6-10,15H,1-5H3,(H,18,23). The Labute approximate surface area is 142 Å². The van der Waals surface area contributed by atoms with Crippen LogP contribution in [0.5, 0.6) is 5.75 Å². The van der Waals surface area contributed by atoms with Crippen LogP contribution in [-0.4, -0.2) is 36.2 Å². The fourth-order valence-corrected chi connectivity index (χ4v) is 3.27. The van der Waals surface area contributed by atoms with E-state index in [4.69, 9.17) is 21.7 Å². The Bertz CT molecular complexity index is 638. The molecule has 2 rings (SSSR count). The summed E-state index contributed by atoms with van der Waals surface area (Å²) in [5.41, 5.74) is 2.31. The van der Waals surface area contributed by atoms with Crippen molar-refractivity contribution in [2.24, 2.45) is 0 Å². The summed E-state index contributed by atoms with van der Waals surface area (Å²) in [5.74, 6) is 0.403. The quantitative estimate of drug-likeness (QED) is 0.675. The summed E-state index contributed by atoms with van der Waals surface area (Å²) < 4.78 is 10.2. The van der Waals surface area contributed by atoms with Crippen molar-refractivity contribution in [1.29, 1.82) is 0 Å². The topological polar surface area (TPSA) is 50.8 Å². The first-order valence-electron chi connectivity index (χ1n) is 7.43. The third kappa shape index (κ3) is 3.32. The van der Waals surface area contributed by atoms with E-state index in [1.54, 1.807) is 7.11 Å². The van der Waals surface area contributed by atoms with Gasteiger partial charge < -0.3 is 19.7 Å². The predicted octanol–water partition coefficient (Wildman–Crippen LogP) is 2.78. The van der Waals surface area contributed by atoms with E-state index >= 15 is 0 Å². The van der Waals surface area contributed by atoms with Gasteiger partial charge in [0.2, 0.25) is 0 Å². The SMILES string of the molecule is COC(=O)C1=C(C)N(C(C)C)C(=S)NC1c1ccc(OC)cc1. The maximum absolute atomic E-state index is 12.3. The molecule has 0 saturated carbocycles. The molecule has 6 heteroatoms. The van der Waals surface area contributed by atoms with Crippen molar-refractivity contribution in [2.45, 2.75) is 32.9 Å². The zero-order valence-electron chi connectivity index (χ0n) is 14.0. The minimum atomic E-state index is -0.357. The van der Waals surface area contributed by atoms with Crippen LogP contribution in [0.4, 0.5) is 0 Å². The minimum Gasteiger partial charge on any atom is -0.497 e. The first kappa shape index (κ1) is 17.3. The fraction of sp³-hybridized carbons (Fsp3) is 0.412. The van der Waals surface area contributed by atoms with Crippen LogP contribution < -0.4 is 10.1 Å². The van der Waals surface area contributed by atoms with Gasteiger partial charge in [0.05, 0.1) is 25.8 Å². The third-order valence-corrected chi connectivity index (χ3v) is 4.21. The molecule has 1 aliphatic heterocycles. The van der Waals surface area contributed by atoms with E-state index in [1.807, 2.05) is 49.9 Å². The highest BCUT2D eigenvalue weighted by Gasteiger charge is 2.35. The molecule has 1 aromatic rings. The Kier molecular flexibility index (Phi) is 5.26. The van der Waals surface area contributed by atoms with Crippen LogP contribution in [0.3, 0.4) is 0 Å². The Morgan fingerprint density at radius 3 is 2.35 bits per heavy atom. The molecule has 0 saturated heterocycles. The van der Waals surface area contributed by atoms with Crippen molar-refractivity contribution >= 4 is 23.3 Å². The van der Waals surface area contributed by atoms with Crippen molar-refractivity contribution in [3.05, 3.63) is 41.1 Å². The molecule has 1 aromatic carbocycles. The summed E-state index contributed by atoms with van der Waals surface area (Å²) in [6, 6.07) is 7.36. The second-order valence-corrected chi connectivity index (χ2v) is 6.00. The first-order chi connectivity index (χ1) is 10.9. The Hall–Kier alpha value is -2.08. The molecule has 1 unspecified atom stereocenters. The molecule has 5 nitrogen and oxygen atoms in total. The van der Waals surface area contributed by atoms with Crippen molar-refractivity contribution in [1.82, 2.24) is 10.2 Å². The average Bonchev–Trinajstić information content (AvgIpc) is 2.53. The second-order valence-electron chi connectivity index (χ2n) is 5.61. The summed E-state index contributed by atoms with van der Waals surface area (Å²) in [4.78, 5) is 14.3. The maximum Gasteiger partial charge on any atom is 0.337 e. The van der Waals surface area contributed by atoms with E-state index in [0.717, 1.165) is 17.0 Å². The average molecular weight is 334 g/mol. The van der Waals surface area contributed by atoms with E-state index in [1.165, 1.54) is 7.11 Å². The van der Waals surface area contributed by atoms with Crippen LogP contribution in [0, 0.1) is 0 Å². The molecule has 23 heavy (non-hydrogen) atoms. The zero-order chi connectivity index (χ0) is 17.1. The van der Waals surface area contributed by atoms with Crippen LogP contribution in [0.15, 0.2) is 35.5 Å². The summed E-state index contributed by atoms with van der Waals surface area (Å²) in [6.07, 6.45) is 0. The lowest BCUT2D eigenvalue weighted by Crippen LogP contribution is -2.50. The Morgan fingerprint density at radius 2 is 1.87 bits per heavy atom. The van der Waals surface area contributed by atoms with Gasteiger partial charge in [-0.3, -0.25) is 0 Å². The number of esters is 1. The van der Waals surface area contributed by atoms with Crippen LogP contribution >= 0.6 is 12.2 Å². The van der Waals surface area contributed by atoms with E-state index in [9.17, 15) is 4.79 Å². The van der Waals surface area contributed by atoms with Crippen LogP contribution in [0.2, 0.25) is 0 Å². The highest BCUT2D eigenvalue weighted by Crippen LogP contribution is 2.32. The minimum absolute atomic E-state index is 0.145. The van der Waals surface area contributed by atoms with Gasteiger partial charge >= 0.3 is 5.97 Å². The Morgan fingerprint density at radius 1 is 1.26 bits per heavy atom. The van der Waals surface area contributed by atoms with Crippen molar-refractivity contribution in [2.75, 3.05) is 14.2 Å². The van der Waals surface area contributed by atoms with Gasteiger partial charge in [-0.05, 0) is 50.7 Å². The van der Waals surface area contributed by atoms with Crippen molar-refractivity contribution < 1.29 is 14.3 Å². The molecule has 124 valence electrons. The fourth-order valence-electron chi connectivity index (χ4n) is 2.80. The lowest BCUT2D eigenvalue weighted by molar-refractivity contribution is -0.136. The summed E-state index contributed by atoms with van der Waals surface area (Å²) in [6.45, 7) is 5.95. The Balaban J connectivity index is 2.52. The molecular weight excluding hydrogens is 312 g/mol. The van der Waals surface area contributed by atoms with Gasteiger partial charge in [0, 0.05) is 11.7 Å². The summed E-state index contributed by atoms with van der Waals surface area (Å²) in [7, 11) is 3.01. The van der Waals surface area contributed by atoms with Crippen molar-refractivity contribution in [3.8, 4) is 5.75 Å². The normalized spacial score (nSPS) is 18.1. The van der Waals surface area contributed by atoms with Gasteiger partial charge in [-0.2, -0.15) is 0 Å². The number of hydrogen-bond donors (Lipinski definition) is 1. The molecule has 1 heterocycles.